The maximum Gasteiger partial charge on any atom is 0.254 e. The number of aryl methyl sites for hydroxylation is 1. The molecule has 1 amide bonds. The van der Waals surface area contributed by atoms with Gasteiger partial charge in [-0.25, -0.2) is 9.97 Å². The molecule has 1 fully saturated rings. The molecule has 0 atom stereocenters. The second-order valence-electron chi connectivity index (χ2n) is 6.54. The maximum absolute atomic E-state index is 12.4. The van der Waals surface area contributed by atoms with Gasteiger partial charge < -0.3 is 10.6 Å². The van der Waals surface area contributed by atoms with E-state index in [4.69, 9.17) is 11.6 Å². The first-order valence-corrected chi connectivity index (χ1v) is 9.16. The Bertz CT molecular complexity index is 725. The van der Waals surface area contributed by atoms with Crippen molar-refractivity contribution in [2.75, 3.05) is 5.32 Å². The van der Waals surface area contributed by atoms with E-state index in [1.807, 2.05) is 25.1 Å². The van der Waals surface area contributed by atoms with Crippen LogP contribution in [0.25, 0.3) is 0 Å². The van der Waals surface area contributed by atoms with Crippen LogP contribution in [0.4, 0.5) is 11.6 Å². The van der Waals surface area contributed by atoms with Crippen LogP contribution >= 0.6 is 11.6 Å². The van der Waals surface area contributed by atoms with Crippen LogP contribution in [0.3, 0.4) is 0 Å². The number of carbonyl (C=O) groups is 1. The highest BCUT2D eigenvalue weighted by Crippen LogP contribution is 2.22. The standard InChI is InChI=1S/C19H23ClN4O/c1-13-10-15(20)8-9-17(13)24-19-21-11-14(12-22-19)18(25)23-16-6-4-2-3-5-7-16/h8-12,16H,2-7H2,1H3,(H,23,25)(H,21,22,24). The number of hydrogen-bond donors (Lipinski definition) is 2. The van der Waals surface area contributed by atoms with Gasteiger partial charge >= 0.3 is 0 Å². The molecule has 1 aliphatic carbocycles. The Hall–Kier alpha value is -2.14. The SMILES string of the molecule is Cc1cc(Cl)ccc1Nc1ncc(C(=O)NC2CCCCCC2)cn1. The molecule has 0 saturated heterocycles. The highest BCUT2D eigenvalue weighted by Gasteiger charge is 2.16. The summed E-state index contributed by atoms with van der Waals surface area (Å²) in [5.41, 5.74) is 2.38. The molecule has 0 spiro atoms. The van der Waals surface area contributed by atoms with Gasteiger partial charge in [-0.3, -0.25) is 4.79 Å². The molecule has 1 heterocycles. The van der Waals surface area contributed by atoms with E-state index in [1.54, 1.807) is 12.4 Å². The predicted molar refractivity (Wildman–Crippen MR) is 100 cm³/mol. The maximum atomic E-state index is 12.4. The summed E-state index contributed by atoms with van der Waals surface area (Å²) in [6.07, 6.45) is 10.1. The van der Waals surface area contributed by atoms with Gasteiger partial charge in [0.1, 0.15) is 0 Å². The van der Waals surface area contributed by atoms with Crippen molar-refractivity contribution in [1.29, 1.82) is 0 Å². The molecule has 5 nitrogen and oxygen atoms in total. The Morgan fingerprint density at radius 1 is 1.12 bits per heavy atom. The number of aromatic nitrogens is 2. The molecule has 3 rings (SSSR count). The molecule has 6 heteroatoms. The lowest BCUT2D eigenvalue weighted by atomic mass is 10.1. The highest BCUT2D eigenvalue weighted by molar-refractivity contribution is 6.30. The number of halogens is 1. The average Bonchev–Trinajstić information content (AvgIpc) is 2.87. The van der Waals surface area contributed by atoms with Gasteiger partial charge in [0.2, 0.25) is 5.95 Å². The summed E-state index contributed by atoms with van der Waals surface area (Å²) in [7, 11) is 0. The summed E-state index contributed by atoms with van der Waals surface area (Å²) < 4.78 is 0. The second kappa shape index (κ2) is 8.30. The van der Waals surface area contributed by atoms with Crippen molar-refractivity contribution in [3.05, 3.63) is 46.7 Å². The Morgan fingerprint density at radius 2 is 1.80 bits per heavy atom. The van der Waals surface area contributed by atoms with Gasteiger partial charge in [0.05, 0.1) is 5.56 Å². The number of amides is 1. The molecular formula is C19H23ClN4O. The van der Waals surface area contributed by atoms with Crippen LogP contribution in [0.2, 0.25) is 5.02 Å². The Labute approximate surface area is 153 Å². The Morgan fingerprint density at radius 3 is 2.44 bits per heavy atom. The Balaban J connectivity index is 1.62. The number of hydrogen-bond acceptors (Lipinski definition) is 4. The fraction of sp³-hybridized carbons (Fsp3) is 0.421. The molecule has 1 saturated carbocycles. The van der Waals surface area contributed by atoms with Crippen molar-refractivity contribution < 1.29 is 4.79 Å². The van der Waals surface area contributed by atoms with Gasteiger partial charge in [0, 0.05) is 29.1 Å². The molecule has 25 heavy (non-hydrogen) atoms. The van der Waals surface area contributed by atoms with Crippen molar-refractivity contribution in [3.8, 4) is 0 Å². The van der Waals surface area contributed by atoms with Crippen LogP contribution in [0.15, 0.2) is 30.6 Å². The Kier molecular flexibility index (Phi) is 5.87. The molecule has 0 bridgehead atoms. The van der Waals surface area contributed by atoms with Gasteiger partial charge in [0.25, 0.3) is 5.91 Å². The number of rotatable bonds is 4. The largest absolute Gasteiger partial charge is 0.349 e. The number of nitrogens with zero attached hydrogens (tertiary/aromatic N) is 2. The van der Waals surface area contributed by atoms with E-state index in [9.17, 15) is 4.79 Å². The minimum Gasteiger partial charge on any atom is -0.349 e. The van der Waals surface area contributed by atoms with Crippen molar-refractivity contribution in [3.63, 3.8) is 0 Å². The molecule has 0 radical (unpaired) electrons. The molecule has 132 valence electrons. The van der Waals surface area contributed by atoms with Crippen LogP contribution in [0.5, 0.6) is 0 Å². The first kappa shape index (κ1) is 17.7. The third kappa shape index (κ3) is 4.92. The van der Waals surface area contributed by atoms with Crippen molar-refractivity contribution in [2.45, 2.75) is 51.5 Å². The van der Waals surface area contributed by atoms with Crippen LogP contribution in [0.1, 0.15) is 54.4 Å². The van der Waals surface area contributed by atoms with Crippen LogP contribution in [-0.2, 0) is 0 Å². The lowest BCUT2D eigenvalue weighted by Gasteiger charge is -2.16. The van der Waals surface area contributed by atoms with E-state index in [2.05, 4.69) is 20.6 Å². The fourth-order valence-electron chi connectivity index (χ4n) is 3.09. The second-order valence-corrected chi connectivity index (χ2v) is 6.98. The van der Waals surface area contributed by atoms with Crippen LogP contribution in [0, 0.1) is 6.92 Å². The summed E-state index contributed by atoms with van der Waals surface area (Å²) >= 11 is 5.96. The van der Waals surface area contributed by atoms with E-state index in [-0.39, 0.29) is 11.9 Å². The molecule has 1 aliphatic rings. The number of anilines is 2. The molecule has 0 aliphatic heterocycles. The highest BCUT2D eigenvalue weighted by atomic mass is 35.5. The molecule has 1 aromatic heterocycles. The number of nitrogens with one attached hydrogen (secondary N) is 2. The van der Waals surface area contributed by atoms with E-state index < -0.39 is 0 Å². The summed E-state index contributed by atoms with van der Waals surface area (Å²) in [6.45, 7) is 1.96. The van der Waals surface area contributed by atoms with Crippen molar-refractivity contribution in [2.24, 2.45) is 0 Å². The third-order valence-corrected chi connectivity index (χ3v) is 4.77. The normalized spacial score (nSPS) is 15.4. The summed E-state index contributed by atoms with van der Waals surface area (Å²) in [4.78, 5) is 20.9. The number of benzene rings is 1. The van der Waals surface area contributed by atoms with Gasteiger partial charge in [-0.2, -0.15) is 0 Å². The fourth-order valence-corrected chi connectivity index (χ4v) is 3.32. The topological polar surface area (TPSA) is 66.9 Å². The monoisotopic (exact) mass is 358 g/mol. The molecule has 2 N–H and O–H groups in total. The smallest absolute Gasteiger partial charge is 0.254 e. The van der Waals surface area contributed by atoms with Crippen molar-refractivity contribution in [1.82, 2.24) is 15.3 Å². The number of carbonyl (C=O) groups excluding carboxylic acids is 1. The lowest BCUT2D eigenvalue weighted by molar-refractivity contribution is 0.0932. The van der Waals surface area contributed by atoms with E-state index in [0.717, 1.165) is 24.1 Å². The summed E-state index contributed by atoms with van der Waals surface area (Å²) in [5.74, 6) is 0.359. The molecule has 1 aromatic carbocycles. The van der Waals surface area contributed by atoms with Gasteiger partial charge in [-0.05, 0) is 43.5 Å². The summed E-state index contributed by atoms with van der Waals surface area (Å²) in [5, 5.41) is 6.94. The van der Waals surface area contributed by atoms with E-state index in [0.29, 0.717) is 16.5 Å². The van der Waals surface area contributed by atoms with Crippen LogP contribution in [-0.4, -0.2) is 21.9 Å². The predicted octanol–water partition coefficient (Wildman–Crippen LogP) is 4.63. The van der Waals surface area contributed by atoms with E-state index >= 15 is 0 Å². The zero-order chi connectivity index (χ0) is 17.6. The van der Waals surface area contributed by atoms with Gasteiger partial charge in [-0.15, -0.1) is 0 Å². The minimum atomic E-state index is -0.0962. The average molecular weight is 359 g/mol. The summed E-state index contributed by atoms with van der Waals surface area (Å²) in [6, 6.07) is 5.84. The zero-order valence-corrected chi connectivity index (χ0v) is 15.1. The quantitative estimate of drug-likeness (QED) is 0.781. The van der Waals surface area contributed by atoms with Crippen molar-refractivity contribution >= 4 is 29.1 Å². The third-order valence-electron chi connectivity index (χ3n) is 4.54. The molecule has 2 aromatic rings. The van der Waals surface area contributed by atoms with Crippen LogP contribution < -0.4 is 10.6 Å². The first-order chi connectivity index (χ1) is 12.1. The molecular weight excluding hydrogens is 336 g/mol. The first-order valence-electron chi connectivity index (χ1n) is 8.78. The zero-order valence-electron chi connectivity index (χ0n) is 14.4. The molecule has 0 unspecified atom stereocenters. The lowest BCUT2D eigenvalue weighted by Crippen LogP contribution is -2.34. The van der Waals surface area contributed by atoms with Gasteiger partial charge in [0.15, 0.2) is 0 Å². The van der Waals surface area contributed by atoms with Gasteiger partial charge in [-0.1, -0.05) is 37.3 Å². The minimum absolute atomic E-state index is 0.0962. The van der Waals surface area contributed by atoms with E-state index in [1.165, 1.54) is 25.7 Å².